The van der Waals surface area contributed by atoms with Gasteiger partial charge in [0.15, 0.2) is 18.2 Å². The van der Waals surface area contributed by atoms with Crippen molar-refractivity contribution in [3.05, 3.63) is 23.8 Å². The lowest BCUT2D eigenvalue weighted by Gasteiger charge is -2.22. The fraction of sp³-hybridized carbons (Fsp3) is 0.400. The summed E-state index contributed by atoms with van der Waals surface area (Å²) >= 11 is 0. The first-order valence-electron chi connectivity index (χ1n) is 6.93. The molecule has 1 aromatic rings. The quantitative estimate of drug-likeness (QED) is 0.227. The summed E-state index contributed by atoms with van der Waals surface area (Å²) in [6.45, 7) is 1.11. The first-order chi connectivity index (χ1) is 10.8. The normalized spacial score (nSPS) is 12.4. The standard InChI is InChI=1S/C15H20N2O6.ClH/c1-15(16,8-10-4-5-11(19)12(20)7-10)14(22)23-9-17-13(21)3-2-6-18;/h4-7,19-20H,2-3,8-9,16H2,1H3,(H,17,21);1H/t15-;/m0./s1. The van der Waals surface area contributed by atoms with Crippen molar-refractivity contribution in [1.29, 1.82) is 0 Å². The van der Waals surface area contributed by atoms with Crippen LogP contribution in [0.5, 0.6) is 11.5 Å². The maximum absolute atomic E-state index is 11.9. The molecule has 0 fully saturated rings. The van der Waals surface area contributed by atoms with Gasteiger partial charge < -0.3 is 30.8 Å². The van der Waals surface area contributed by atoms with Crippen LogP contribution in [-0.4, -0.2) is 40.6 Å². The van der Waals surface area contributed by atoms with Crippen molar-refractivity contribution in [3.8, 4) is 11.5 Å². The number of esters is 1. The Morgan fingerprint density at radius 1 is 1.33 bits per heavy atom. The van der Waals surface area contributed by atoms with E-state index in [0.717, 1.165) is 0 Å². The summed E-state index contributed by atoms with van der Waals surface area (Å²) < 4.78 is 4.89. The fourth-order valence-corrected chi connectivity index (χ4v) is 1.80. The van der Waals surface area contributed by atoms with Crippen molar-refractivity contribution in [2.75, 3.05) is 6.73 Å². The second-order valence-electron chi connectivity index (χ2n) is 5.30. The Hall–Kier alpha value is -2.32. The SMILES string of the molecule is C[C@](N)(Cc1ccc(O)c(O)c1)C(=O)OCNC(=O)CCC=O.Cl. The van der Waals surface area contributed by atoms with Crippen molar-refractivity contribution >= 4 is 30.6 Å². The number of amides is 1. The van der Waals surface area contributed by atoms with E-state index in [2.05, 4.69) is 5.32 Å². The predicted octanol–water partition coefficient (Wildman–Crippen LogP) is 0.375. The molecule has 24 heavy (non-hydrogen) atoms. The molecule has 134 valence electrons. The van der Waals surface area contributed by atoms with Crippen LogP contribution >= 0.6 is 12.4 Å². The van der Waals surface area contributed by atoms with Gasteiger partial charge in [0.1, 0.15) is 11.8 Å². The third-order valence-electron chi connectivity index (χ3n) is 3.04. The minimum absolute atomic E-state index is 0. The van der Waals surface area contributed by atoms with Crippen molar-refractivity contribution in [2.24, 2.45) is 5.73 Å². The Labute approximate surface area is 145 Å². The van der Waals surface area contributed by atoms with E-state index in [1.807, 2.05) is 0 Å². The lowest BCUT2D eigenvalue weighted by atomic mass is 9.94. The van der Waals surface area contributed by atoms with Gasteiger partial charge in [-0.2, -0.15) is 0 Å². The molecule has 1 atom stereocenters. The number of aromatic hydroxyl groups is 2. The Morgan fingerprint density at radius 2 is 2.00 bits per heavy atom. The number of nitrogens with two attached hydrogens (primary N) is 1. The number of carbonyl (C=O) groups excluding carboxylic acids is 3. The number of benzene rings is 1. The molecule has 0 bridgehead atoms. The summed E-state index contributed by atoms with van der Waals surface area (Å²) in [5.41, 5.74) is 5.06. The number of phenols is 2. The zero-order valence-electron chi connectivity index (χ0n) is 13.2. The predicted molar refractivity (Wildman–Crippen MR) is 87.7 cm³/mol. The van der Waals surface area contributed by atoms with E-state index in [1.54, 1.807) is 0 Å². The molecule has 0 aliphatic heterocycles. The lowest BCUT2D eigenvalue weighted by Crippen LogP contribution is -2.49. The number of hydrogen-bond donors (Lipinski definition) is 4. The summed E-state index contributed by atoms with van der Waals surface area (Å²) in [6.07, 6.45) is 0.806. The number of phenolic OH excluding ortho intramolecular Hbond substituents is 2. The van der Waals surface area contributed by atoms with E-state index < -0.39 is 17.4 Å². The van der Waals surface area contributed by atoms with Crippen molar-refractivity contribution in [1.82, 2.24) is 5.32 Å². The van der Waals surface area contributed by atoms with Gasteiger partial charge in [-0.1, -0.05) is 6.07 Å². The van der Waals surface area contributed by atoms with Gasteiger partial charge in [-0.3, -0.25) is 4.79 Å². The van der Waals surface area contributed by atoms with Crippen LogP contribution in [0, 0.1) is 0 Å². The maximum atomic E-state index is 11.9. The molecule has 0 aliphatic carbocycles. The maximum Gasteiger partial charge on any atom is 0.327 e. The minimum atomic E-state index is -1.38. The number of nitrogens with one attached hydrogen (secondary N) is 1. The molecule has 8 nitrogen and oxygen atoms in total. The molecule has 5 N–H and O–H groups in total. The van der Waals surface area contributed by atoms with Gasteiger partial charge in [0, 0.05) is 19.3 Å². The largest absolute Gasteiger partial charge is 0.504 e. The molecule has 1 aromatic carbocycles. The van der Waals surface area contributed by atoms with Crippen molar-refractivity contribution in [3.63, 3.8) is 0 Å². The molecule has 0 saturated heterocycles. The topological polar surface area (TPSA) is 139 Å². The van der Waals surface area contributed by atoms with Crippen LogP contribution in [0.2, 0.25) is 0 Å². The van der Waals surface area contributed by atoms with Crippen LogP contribution in [0.4, 0.5) is 0 Å². The Morgan fingerprint density at radius 3 is 2.58 bits per heavy atom. The highest BCUT2D eigenvalue weighted by Crippen LogP contribution is 2.26. The smallest absolute Gasteiger partial charge is 0.327 e. The van der Waals surface area contributed by atoms with Crippen LogP contribution in [-0.2, 0) is 25.5 Å². The Kier molecular flexibility index (Phi) is 8.80. The molecule has 0 spiro atoms. The van der Waals surface area contributed by atoms with E-state index in [-0.39, 0.29) is 49.9 Å². The van der Waals surface area contributed by atoms with E-state index in [4.69, 9.17) is 10.5 Å². The molecule has 0 saturated carbocycles. The van der Waals surface area contributed by atoms with Crippen molar-refractivity contribution in [2.45, 2.75) is 31.7 Å². The molecule has 0 heterocycles. The Bertz CT molecular complexity index is 591. The Balaban J connectivity index is 0.00000529. The second-order valence-corrected chi connectivity index (χ2v) is 5.30. The molecule has 0 aromatic heterocycles. The molecule has 9 heteroatoms. The number of ether oxygens (including phenoxy) is 1. The summed E-state index contributed by atoms with van der Waals surface area (Å²) in [6, 6.07) is 4.11. The van der Waals surface area contributed by atoms with E-state index in [9.17, 15) is 24.6 Å². The summed E-state index contributed by atoms with van der Waals surface area (Å²) in [5.74, 6) is -1.73. The lowest BCUT2D eigenvalue weighted by molar-refractivity contribution is -0.151. The second kappa shape index (κ2) is 9.74. The number of carbonyl (C=O) groups is 3. The third kappa shape index (κ3) is 6.84. The third-order valence-corrected chi connectivity index (χ3v) is 3.04. The first kappa shape index (κ1) is 21.7. The van der Waals surface area contributed by atoms with Gasteiger partial charge in [0.25, 0.3) is 0 Å². The molecule has 0 radical (unpaired) electrons. The number of aldehydes is 1. The average Bonchev–Trinajstić information content (AvgIpc) is 2.48. The summed E-state index contributed by atoms with van der Waals surface area (Å²) in [4.78, 5) is 33.3. The van der Waals surface area contributed by atoms with Crippen molar-refractivity contribution < 1.29 is 29.3 Å². The molecule has 1 amide bonds. The van der Waals surface area contributed by atoms with E-state index >= 15 is 0 Å². The van der Waals surface area contributed by atoms with Crippen LogP contribution < -0.4 is 11.1 Å². The van der Waals surface area contributed by atoms with Gasteiger partial charge in [0.2, 0.25) is 5.91 Å². The molecular weight excluding hydrogens is 340 g/mol. The van der Waals surface area contributed by atoms with Crippen LogP contribution in [0.3, 0.4) is 0 Å². The summed E-state index contributed by atoms with van der Waals surface area (Å²) in [5, 5.41) is 21.0. The average molecular weight is 361 g/mol. The van der Waals surface area contributed by atoms with E-state index in [0.29, 0.717) is 11.8 Å². The van der Waals surface area contributed by atoms with Gasteiger partial charge in [-0.15, -0.1) is 12.4 Å². The molecule has 0 aliphatic rings. The number of rotatable bonds is 8. The molecule has 0 unspecified atom stereocenters. The summed E-state index contributed by atoms with van der Waals surface area (Å²) in [7, 11) is 0. The fourth-order valence-electron chi connectivity index (χ4n) is 1.80. The van der Waals surface area contributed by atoms with Crippen LogP contribution in [0.15, 0.2) is 18.2 Å². The van der Waals surface area contributed by atoms with Gasteiger partial charge in [-0.25, -0.2) is 4.79 Å². The monoisotopic (exact) mass is 360 g/mol. The zero-order valence-corrected chi connectivity index (χ0v) is 14.0. The minimum Gasteiger partial charge on any atom is -0.504 e. The van der Waals surface area contributed by atoms with Crippen LogP contribution in [0.1, 0.15) is 25.3 Å². The van der Waals surface area contributed by atoms with Gasteiger partial charge >= 0.3 is 5.97 Å². The highest BCUT2D eigenvalue weighted by molar-refractivity contribution is 5.85. The zero-order chi connectivity index (χ0) is 17.5. The highest BCUT2D eigenvalue weighted by atomic mass is 35.5. The molecule has 1 rings (SSSR count). The van der Waals surface area contributed by atoms with Crippen LogP contribution in [0.25, 0.3) is 0 Å². The first-order valence-corrected chi connectivity index (χ1v) is 6.93. The molecular formula is C15H21ClN2O6. The van der Waals surface area contributed by atoms with Gasteiger partial charge in [-0.05, 0) is 24.6 Å². The number of hydrogen-bond acceptors (Lipinski definition) is 7. The van der Waals surface area contributed by atoms with E-state index in [1.165, 1.54) is 25.1 Å². The number of halogens is 1. The highest BCUT2D eigenvalue weighted by Gasteiger charge is 2.30. The van der Waals surface area contributed by atoms with Gasteiger partial charge in [0.05, 0.1) is 0 Å².